The van der Waals surface area contributed by atoms with Gasteiger partial charge in [-0.25, -0.2) is 4.79 Å². The van der Waals surface area contributed by atoms with Crippen LogP contribution in [0.3, 0.4) is 0 Å². The normalized spacial score (nSPS) is 20.5. The summed E-state index contributed by atoms with van der Waals surface area (Å²) in [5, 5.41) is 3.14. The zero-order chi connectivity index (χ0) is 16.8. The van der Waals surface area contributed by atoms with Gasteiger partial charge in [-0.3, -0.25) is 4.79 Å². The largest absolute Gasteiger partial charge is 0.338 e. The van der Waals surface area contributed by atoms with Crippen LogP contribution in [-0.2, 0) is 4.79 Å². The van der Waals surface area contributed by atoms with E-state index < -0.39 is 6.04 Å². The van der Waals surface area contributed by atoms with E-state index in [-0.39, 0.29) is 24.3 Å². The van der Waals surface area contributed by atoms with E-state index >= 15 is 0 Å². The molecule has 1 aliphatic carbocycles. The molecule has 140 valence electrons. The number of nitrogens with zero attached hydrogens (tertiary/aromatic N) is 2. The Morgan fingerprint density at radius 3 is 2.12 bits per heavy atom. The number of carbonyl (C=O) groups excluding carboxylic acids is 2. The molecule has 6 nitrogen and oxygen atoms in total. The second kappa shape index (κ2) is 10.1. The molecule has 7 heteroatoms. The van der Waals surface area contributed by atoms with Gasteiger partial charge in [0.05, 0.1) is 6.04 Å². The third-order valence-electron chi connectivity index (χ3n) is 4.85. The molecular weight excluding hydrogens is 328 g/mol. The lowest BCUT2D eigenvalue weighted by Gasteiger charge is -2.37. The standard InChI is InChI=1S/C17H32N4O2.ClH/c1-13(2)12-15(18)16(22)20-8-10-21(11-9-20)17(23)19-14-6-4-3-5-7-14;/h13-15H,3-12,18H2,1-2H3,(H,19,23);1H/t15-;/m0./s1. The Bertz CT molecular complexity index is 405. The Morgan fingerprint density at radius 2 is 1.58 bits per heavy atom. The van der Waals surface area contributed by atoms with Crippen LogP contribution in [0, 0.1) is 5.92 Å². The number of hydrogen-bond acceptors (Lipinski definition) is 3. The Labute approximate surface area is 151 Å². The van der Waals surface area contributed by atoms with Crippen molar-refractivity contribution >= 4 is 24.3 Å². The summed E-state index contributed by atoms with van der Waals surface area (Å²) in [5.41, 5.74) is 5.98. The quantitative estimate of drug-likeness (QED) is 0.804. The number of urea groups is 1. The van der Waals surface area contributed by atoms with Gasteiger partial charge in [0, 0.05) is 32.2 Å². The van der Waals surface area contributed by atoms with Gasteiger partial charge in [-0.1, -0.05) is 33.1 Å². The topological polar surface area (TPSA) is 78.7 Å². The molecule has 24 heavy (non-hydrogen) atoms. The van der Waals surface area contributed by atoms with Crippen molar-refractivity contribution in [2.75, 3.05) is 26.2 Å². The van der Waals surface area contributed by atoms with Crippen LogP contribution in [0.2, 0.25) is 0 Å². The smallest absolute Gasteiger partial charge is 0.317 e. The maximum Gasteiger partial charge on any atom is 0.317 e. The summed E-state index contributed by atoms with van der Waals surface area (Å²) >= 11 is 0. The third-order valence-corrected chi connectivity index (χ3v) is 4.85. The van der Waals surface area contributed by atoms with Crippen LogP contribution in [0.4, 0.5) is 4.79 Å². The molecule has 0 unspecified atom stereocenters. The SMILES string of the molecule is CC(C)C[C@H](N)C(=O)N1CCN(C(=O)NC2CCCCC2)CC1.Cl. The van der Waals surface area contributed by atoms with Crippen molar-refractivity contribution in [3.63, 3.8) is 0 Å². The lowest BCUT2D eigenvalue weighted by atomic mass is 9.96. The molecular formula is C17H33ClN4O2. The maximum absolute atomic E-state index is 12.3. The number of hydrogen-bond donors (Lipinski definition) is 2. The van der Waals surface area contributed by atoms with Gasteiger partial charge >= 0.3 is 6.03 Å². The lowest BCUT2D eigenvalue weighted by Crippen LogP contribution is -2.57. The van der Waals surface area contributed by atoms with E-state index in [4.69, 9.17) is 5.73 Å². The van der Waals surface area contributed by atoms with E-state index in [2.05, 4.69) is 19.2 Å². The zero-order valence-corrected chi connectivity index (χ0v) is 15.8. The van der Waals surface area contributed by atoms with Gasteiger partial charge in [-0.05, 0) is 25.2 Å². The van der Waals surface area contributed by atoms with E-state index in [1.807, 2.05) is 4.90 Å². The predicted octanol–water partition coefficient (Wildman–Crippen LogP) is 1.97. The number of nitrogens with one attached hydrogen (secondary N) is 1. The number of piperazine rings is 1. The Balaban J connectivity index is 0.00000288. The predicted molar refractivity (Wildman–Crippen MR) is 98.2 cm³/mol. The minimum absolute atomic E-state index is 0. The summed E-state index contributed by atoms with van der Waals surface area (Å²) < 4.78 is 0. The Hall–Kier alpha value is -1.01. The number of rotatable bonds is 4. The van der Waals surface area contributed by atoms with Crippen molar-refractivity contribution in [3.8, 4) is 0 Å². The monoisotopic (exact) mass is 360 g/mol. The van der Waals surface area contributed by atoms with Crippen molar-refractivity contribution in [3.05, 3.63) is 0 Å². The van der Waals surface area contributed by atoms with E-state index in [1.54, 1.807) is 4.90 Å². The summed E-state index contributed by atoms with van der Waals surface area (Å²) in [6.45, 7) is 6.50. The molecule has 0 spiro atoms. The van der Waals surface area contributed by atoms with Crippen LogP contribution in [0.25, 0.3) is 0 Å². The fourth-order valence-electron chi connectivity index (χ4n) is 3.49. The summed E-state index contributed by atoms with van der Waals surface area (Å²) in [6, 6.07) is -0.0662. The summed E-state index contributed by atoms with van der Waals surface area (Å²) in [6.07, 6.45) is 6.59. The molecule has 3 amide bonds. The first-order valence-corrected chi connectivity index (χ1v) is 9.07. The first kappa shape index (κ1) is 21.0. The summed E-state index contributed by atoms with van der Waals surface area (Å²) in [5.74, 6) is 0.433. The van der Waals surface area contributed by atoms with Crippen molar-refractivity contribution < 1.29 is 9.59 Å². The van der Waals surface area contributed by atoms with Crippen LogP contribution < -0.4 is 11.1 Å². The molecule has 0 bridgehead atoms. The van der Waals surface area contributed by atoms with Crippen molar-refractivity contribution in [2.45, 2.75) is 64.5 Å². The van der Waals surface area contributed by atoms with Gasteiger partial charge in [-0.15, -0.1) is 12.4 Å². The molecule has 0 aromatic heterocycles. The molecule has 2 rings (SSSR count). The highest BCUT2D eigenvalue weighted by atomic mass is 35.5. The van der Waals surface area contributed by atoms with Crippen LogP contribution in [0.15, 0.2) is 0 Å². The van der Waals surface area contributed by atoms with Gasteiger partial charge in [0.25, 0.3) is 0 Å². The van der Waals surface area contributed by atoms with Crippen molar-refractivity contribution in [1.82, 2.24) is 15.1 Å². The molecule has 1 aliphatic heterocycles. The Kier molecular flexibility index (Phi) is 8.84. The molecule has 2 aliphatic rings. The van der Waals surface area contributed by atoms with E-state index in [0.717, 1.165) is 12.8 Å². The second-order valence-corrected chi connectivity index (χ2v) is 7.33. The fourth-order valence-corrected chi connectivity index (χ4v) is 3.49. The van der Waals surface area contributed by atoms with Gasteiger partial charge in [0.15, 0.2) is 0 Å². The molecule has 1 saturated heterocycles. The number of carbonyl (C=O) groups is 2. The average Bonchev–Trinajstić information content (AvgIpc) is 2.54. The van der Waals surface area contributed by atoms with Crippen LogP contribution >= 0.6 is 12.4 Å². The highest BCUT2D eigenvalue weighted by Gasteiger charge is 2.28. The van der Waals surface area contributed by atoms with E-state index in [0.29, 0.717) is 44.6 Å². The molecule has 0 aromatic carbocycles. The molecule has 0 aromatic rings. The van der Waals surface area contributed by atoms with E-state index in [9.17, 15) is 9.59 Å². The molecule has 0 radical (unpaired) electrons. The second-order valence-electron chi connectivity index (χ2n) is 7.33. The molecule has 1 atom stereocenters. The van der Waals surface area contributed by atoms with Gasteiger partial charge < -0.3 is 20.9 Å². The summed E-state index contributed by atoms with van der Waals surface area (Å²) in [4.78, 5) is 28.2. The highest BCUT2D eigenvalue weighted by Crippen LogP contribution is 2.18. The average molecular weight is 361 g/mol. The van der Waals surface area contributed by atoms with Crippen molar-refractivity contribution in [1.29, 1.82) is 0 Å². The maximum atomic E-state index is 12.3. The lowest BCUT2D eigenvalue weighted by molar-refractivity contribution is -0.134. The van der Waals surface area contributed by atoms with E-state index in [1.165, 1.54) is 19.3 Å². The van der Waals surface area contributed by atoms with Crippen LogP contribution in [0.5, 0.6) is 0 Å². The fraction of sp³-hybridized carbons (Fsp3) is 0.882. The molecule has 1 saturated carbocycles. The van der Waals surface area contributed by atoms with Gasteiger partial charge in [0.1, 0.15) is 0 Å². The molecule has 3 N–H and O–H groups in total. The minimum Gasteiger partial charge on any atom is -0.338 e. The zero-order valence-electron chi connectivity index (χ0n) is 15.0. The number of nitrogens with two attached hydrogens (primary N) is 1. The molecule has 2 fully saturated rings. The van der Waals surface area contributed by atoms with Crippen molar-refractivity contribution in [2.24, 2.45) is 11.7 Å². The Morgan fingerprint density at radius 1 is 1.04 bits per heavy atom. The van der Waals surface area contributed by atoms with Gasteiger partial charge in [0.2, 0.25) is 5.91 Å². The first-order chi connectivity index (χ1) is 11.0. The van der Waals surface area contributed by atoms with Gasteiger partial charge in [-0.2, -0.15) is 0 Å². The number of halogens is 1. The van der Waals surface area contributed by atoms with Crippen LogP contribution in [0.1, 0.15) is 52.4 Å². The van der Waals surface area contributed by atoms with Crippen LogP contribution in [-0.4, -0.2) is 60.0 Å². The molecule has 1 heterocycles. The minimum atomic E-state index is -0.419. The number of amides is 3. The highest BCUT2D eigenvalue weighted by molar-refractivity contribution is 5.85. The summed E-state index contributed by atoms with van der Waals surface area (Å²) in [7, 11) is 0. The first-order valence-electron chi connectivity index (χ1n) is 9.07. The third kappa shape index (κ3) is 6.13.